The van der Waals surface area contributed by atoms with Crippen molar-refractivity contribution in [3.8, 4) is 11.4 Å². The highest BCUT2D eigenvalue weighted by Crippen LogP contribution is 2.27. The molecule has 0 spiro atoms. The first-order valence-corrected chi connectivity index (χ1v) is 9.97. The highest BCUT2D eigenvalue weighted by Gasteiger charge is 2.22. The number of aromatic nitrogens is 3. The van der Waals surface area contributed by atoms with Crippen LogP contribution >= 0.6 is 0 Å². The first-order valence-electron chi connectivity index (χ1n) is 9.97. The van der Waals surface area contributed by atoms with Crippen molar-refractivity contribution in [3.63, 3.8) is 0 Å². The molecule has 0 radical (unpaired) electrons. The summed E-state index contributed by atoms with van der Waals surface area (Å²) in [4.78, 5) is 28.3. The van der Waals surface area contributed by atoms with Gasteiger partial charge in [0.25, 0.3) is 0 Å². The van der Waals surface area contributed by atoms with Gasteiger partial charge in [0.1, 0.15) is 11.4 Å². The molecule has 154 valence electrons. The molecule has 4 rings (SSSR count). The summed E-state index contributed by atoms with van der Waals surface area (Å²) in [6.07, 6.45) is 7.28. The SMILES string of the molecule is Nc1ccc(-c2ncccc2N)nc1C(=O)Cc1cnccc1N1CCC[C@H](N)C1. The van der Waals surface area contributed by atoms with Gasteiger partial charge in [-0.05, 0) is 43.2 Å². The third-order valence-corrected chi connectivity index (χ3v) is 5.30. The third kappa shape index (κ3) is 4.08. The summed E-state index contributed by atoms with van der Waals surface area (Å²) >= 11 is 0. The van der Waals surface area contributed by atoms with Gasteiger partial charge in [-0.25, -0.2) is 4.98 Å². The van der Waals surface area contributed by atoms with E-state index in [9.17, 15) is 4.79 Å². The Bertz CT molecular complexity index is 1070. The molecule has 6 N–H and O–H groups in total. The second-order valence-corrected chi connectivity index (χ2v) is 7.53. The number of pyridine rings is 3. The Hall–Kier alpha value is -3.52. The molecule has 3 aromatic rings. The van der Waals surface area contributed by atoms with E-state index < -0.39 is 0 Å². The van der Waals surface area contributed by atoms with E-state index in [1.807, 2.05) is 6.07 Å². The number of Topliss-reactive ketones (excluding diaryl/α,β-unsaturated/α-hetero) is 1. The van der Waals surface area contributed by atoms with Gasteiger partial charge in [-0.15, -0.1) is 0 Å². The lowest BCUT2D eigenvalue weighted by atomic mass is 10.0. The van der Waals surface area contributed by atoms with E-state index in [1.54, 1.807) is 42.9 Å². The van der Waals surface area contributed by atoms with Crippen LogP contribution in [0.1, 0.15) is 28.9 Å². The number of hydrogen-bond donors (Lipinski definition) is 3. The van der Waals surface area contributed by atoms with Crippen molar-refractivity contribution in [1.82, 2.24) is 15.0 Å². The smallest absolute Gasteiger partial charge is 0.187 e. The molecule has 8 heteroatoms. The van der Waals surface area contributed by atoms with Gasteiger partial charge in [0.15, 0.2) is 5.78 Å². The maximum Gasteiger partial charge on any atom is 0.187 e. The summed E-state index contributed by atoms with van der Waals surface area (Å²) in [5, 5.41) is 0. The lowest BCUT2D eigenvalue weighted by Gasteiger charge is -2.33. The number of nitrogens with zero attached hydrogens (tertiary/aromatic N) is 4. The number of ketones is 1. The van der Waals surface area contributed by atoms with Crippen LogP contribution in [-0.2, 0) is 6.42 Å². The van der Waals surface area contributed by atoms with Crippen molar-refractivity contribution < 1.29 is 4.79 Å². The molecule has 1 aliphatic rings. The van der Waals surface area contributed by atoms with Crippen LogP contribution in [0, 0.1) is 0 Å². The van der Waals surface area contributed by atoms with Gasteiger partial charge < -0.3 is 22.1 Å². The minimum Gasteiger partial charge on any atom is -0.397 e. The number of anilines is 3. The molecule has 0 aromatic carbocycles. The summed E-state index contributed by atoms with van der Waals surface area (Å²) in [5.41, 5.74) is 22.1. The molecule has 1 saturated heterocycles. The van der Waals surface area contributed by atoms with Gasteiger partial charge in [-0.2, -0.15) is 0 Å². The lowest BCUT2D eigenvalue weighted by Crippen LogP contribution is -2.43. The van der Waals surface area contributed by atoms with Crippen LogP contribution < -0.4 is 22.1 Å². The molecule has 1 atom stereocenters. The maximum absolute atomic E-state index is 13.1. The number of carbonyl (C=O) groups is 1. The summed E-state index contributed by atoms with van der Waals surface area (Å²) in [6.45, 7) is 1.67. The van der Waals surface area contributed by atoms with Gasteiger partial charge in [-0.1, -0.05) is 0 Å². The number of nitrogen functional groups attached to an aromatic ring is 2. The van der Waals surface area contributed by atoms with E-state index in [1.165, 1.54) is 0 Å². The Balaban J connectivity index is 1.62. The molecular weight excluding hydrogens is 378 g/mol. The van der Waals surface area contributed by atoms with Crippen molar-refractivity contribution in [3.05, 3.63) is 60.2 Å². The van der Waals surface area contributed by atoms with Crippen LogP contribution in [0.25, 0.3) is 11.4 Å². The Morgan fingerprint density at radius 3 is 2.80 bits per heavy atom. The second-order valence-electron chi connectivity index (χ2n) is 7.53. The molecule has 0 bridgehead atoms. The van der Waals surface area contributed by atoms with Crippen molar-refractivity contribution in [2.45, 2.75) is 25.3 Å². The van der Waals surface area contributed by atoms with Gasteiger partial charge in [0.05, 0.1) is 17.1 Å². The quantitative estimate of drug-likeness (QED) is 0.551. The average molecular weight is 403 g/mol. The van der Waals surface area contributed by atoms with Crippen molar-refractivity contribution in [1.29, 1.82) is 0 Å². The second kappa shape index (κ2) is 8.46. The maximum atomic E-state index is 13.1. The Kier molecular flexibility index (Phi) is 5.58. The zero-order valence-electron chi connectivity index (χ0n) is 16.7. The van der Waals surface area contributed by atoms with Crippen LogP contribution in [-0.4, -0.2) is 39.9 Å². The fraction of sp³-hybridized carbons (Fsp3) is 0.273. The van der Waals surface area contributed by atoms with Crippen LogP contribution in [0.5, 0.6) is 0 Å². The lowest BCUT2D eigenvalue weighted by molar-refractivity contribution is 0.0989. The first-order chi connectivity index (χ1) is 14.5. The molecule has 0 saturated carbocycles. The van der Waals surface area contributed by atoms with Crippen LogP contribution in [0.15, 0.2) is 48.9 Å². The zero-order valence-corrected chi connectivity index (χ0v) is 16.7. The van der Waals surface area contributed by atoms with Gasteiger partial charge >= 0.3 is 0 Å². The highest BCUT2D eigenvalue weighted by molar-refractivity contribution is 6.01. The number of nitrogens with two attached hydrogens (primary N) is 3. The minimum atomic E-state index is -0.181. The number of carbonyl (C=O) groups excluding carboxylic acids is 1. The molecule has 8 nitrogen and oxygen atoms in total. The molecule has 30 heavy (non-hydrogen) atoms. The first kappa shape index (κ1) is 19.8. The van der Waals surface area contributed by atoms with Gasteiger partial charge in [0, 0.05) is 55.4 Å². The fourth-order valence-corrected chi connectivity index (χ4v) is 3.81. The van der Waals surface area contributed by atoms with E-state index >= 15 is 0 Å². The molecule has 4 heterocycles. The predicted octanol–water partition coefficient (Wildman–Crippen LogP) is 2.06. The van der Waals surface area contributed by atoms with E-state index in [4.69, 9.17) is 17.2 Å². The fourth-order valence-electron chi connectivity index (χ4n) is 3.81. The number of hydrogen-bond acceptors (Lipinski definition) is 8. The number of piperidine rings is 1. The predicted molar refractivity (Wildman–Crippen MR) is 118 cm³/mol. The Morgan fingerprint density at radius 2 is 2.00 bits per heavy atom. The van der Waals surface area contributed by atoms with Gasteiger partial charge in [0.2, 0.25) is 0 Å². The number of rotatable bonds is 5. The standard InChI is InChI=1S/C22H25N7O/c23-15-3-2-10-29(13-15)19-7-9-26-12-14(19)11-20(30)22-17(25)5-6-18(28-22)21-16(24)4-1-8-27-21/h1,4-9,12,15H,2-3,10-11,13,23-25H2/t15-/m0/s1. The minimum absolute atomic E-state index is 0.133. The highest BCUT2D eigenvalue weighted by atomic mass is 16.1. The Morgan fingerprint density at radius 1 is 1.13 bits per heavy atom. The average Bonchev–Trinajstić information content (AvgIpc) is 2.75. The van der Waals surface area contributed by atoms with Crippen molar-refractivity contribution >= 4 is 22.8 Å². The molecular formula is C22H25N7O. The van der Waals surface area contributed by atoms with Crippen LogP contribution in [0.4, 0.5) is 17.1 Å². The zero-order chi connectivity index (χ0) is 21.1. The van der Waals surface area contributed by atoms with Gasteiger partial charge in [-0.3, -0.25) is 14.8 Å². The van der Waals surface area contributed by atoms with Crippen LogP contribution in [0.3, 0.4) is 0 Å². The summed E-state index contributed by atoms with van der Waals surface area (Å²) in [5.74, 6) is -0.181. The monoisotopic (exact) mass is 403 g/mol. The molecule has 0 unspecified atom stereocenters. The molecule has 0 aliphatic carbocycles. The summed E-state index contributed by atoms with van der Waals surface area (Å²) in [6, 6.07) is 8.94. The van der Waals surface area contributed by atoms with E-state index in [-0.39, 0.29) is 23.9 Å². The largest absolute Gasteiger partial charge is 0.397 e. The third-order valence-electron chi connectivity index (χ3n) is 5.30. The molecule has 0 amide bonds. The van der Waals surface area contributed by atoms with E-state index in [0.717, 1.165) is 37.2 Å². The van der Waals surface area contributed by atoms with Crippen LogP contribution in [0.2, 0.25) is 0 Å². The Labute approximate surface area is 175 Å². The van der Waals surface area contributed by atoms with E-state index in [2.05, 4.69) is 19.9 Å². The normalized spacial score (nSPS) is 16.4. The molecule has 1 aliphatic heterocycles. The summed E-state index contributed by atoms with van der Waals surface area (Å²) < 4.78 is 0. The van der Waals surface area contributed by atoms with E-state index in [0.29, 0.717) is 22.8 Å². The summed E-state index contributed by atoms with van der Waals surface area (Å²) in [7, 11) is 0. The molecule has 1 fully saturated rings. The van der Waals surface area contributed by atoms with Crippen molar-refractivity contribution in [2.24, 2.45) is 5.73 Å². The molecule has 3 aromatic heterocycles. The van der Waals surface area contributed by atoms with Crippen molar-refractivity contribution in [2.75, 3.05) is 29.5 Å². The topological polar surface area (TPSA) is 137 Å².